The number of primary amides is 1. The number of carbonyl (C=O) groups is 1. The molecule has 4 rings (SSSR count). The molecule has 33 heavy (non-hydrogen) atoms. The van der Waals surface area contributed by atoms with Crippen molar-refractivity contribution in [2.45, 2.75) is 4.90 Å². The Balaban J connectivity index is 1.91. The highest BCUT2D eigenvalue weighted by molar-refractivity contribution is 7.89. The molecule has 5 N–H and O–H groups in total. The minimum Gasteiger partial charge on any atom is -0.349 e. The fourth-order valence-electron chi connectivity index (χ4n) is 3.31. The van der Waals surface area contributed by atoms with E-state index >= 15 is 0 Å². The second kappa shape index (κ2) is 8.47. The van der Waals surface area contributed by atoms with E-state index in [4.69, 9.17) is 10.9 Å². The Morgan fingerprint density at radius 1 is 1.00 bits per heavy atom. The zero-order valence-electron chi connectivity index (χ0n) is 17.0. The zero-order chi connectivity index (χ0) is 23.8. The molecule has 1 heterocycles. The van der Waals surface area contributed by atoms with Crippen molar-refractivity contribution >= 4 is 21.7 Å². The molecule has 0 atom stereocenters. The van der Waals surface area contributed by atoms with Crippen LogP contribution in [0, 0.1) is 5.82 Å². The molecule has 0 bridgehead atoms. The van der Waals surface area contributed by atoms with Gasteiger partial charge < -0.3 is 5.73 Å². The van der Waals surface area contributed by atoms with Crippen LogP contribution in [0.15, 0.2) is 83.8 Å². The molecule has 11 heteroatoms. The third kappa shape index (κ3) is 4.46. The Labute approximate surface area is 188 Å². The summed E-state index contributed by atoms with van der Waals surface area (Å²) in [5.41, 5.74) is 7.78. The number of hydrogen-bond acceptors (Lipinski definition) is 5. The quantitative estimate of drug-likeness (QED) is 0.305. The summed E-state index contributed by atoms with van der Waals surface area (Å²) in [4.78, 5) is 11.5. The van der Waals surface area contributed by atoms with Gasteiger partial charge in [0.15, 0.2) is 0 Å². The number of nitrogens with two attached hydrogens (primary N) is 2. The number of aromatic nitrogens is 2. The van der Waals surface area contributed by atoms with Crippen molar-refractivity contribution in [3.63, 3.8) is 0 Å². The highest BCUT2D eigenvalue weighted by atomic mass is 32.2. The summed E-state index contributed by atoms with van der Waals surface area (Å²) in [5, 5.41) is 20.2. The lowest BCUT2D eigenvalue weighted by atomic mass is 10.1. The van der Waals surface area contributed by atoms with E-state index in [9.17, 15) is 22.8 Å². The molecule has 3 aromatic carbocycles. The number of para-hydroxylation sites is 1. The monoisotopic (exact) mass is 467 g/mol. The van der Waals surface area contributed by atoms with Crippen molar-refractivity contribution in [3.05, 3.63) is 84.7 Å². The highest BCUT2D eigenvalue weighted by Gasteiger charge is 2.20. The lowest BCUT2D eigenvalue weighted by Gasteiger charge is -2.15. The van der Waals surface area contributed by atoms with E-state index in [-0.39, 0.29) is 10.6 Å². The number of nitrogens with zero attached hydrogens (tertiary/aromatic N) is 3. The molecule has 0 aliphatic heterocycles. The largest absolute Gasteiger partial charge is 0.349 e. The average molecular weight is 467 g/mol. The molecule has 0 saturated heterocycles. The molecule has 0 radical (unpaired) electrons. The summed E-state index contributed by atoms with van der Waals surface area (Å²) in [6.45, 7) is 0. The van der Waals surface area contributed by atoms with Crippen molar-refractivity contribution in [2.24, 2.45) is 10.9 Å². The summed E-state index contributed by atoms with van der Waals surface area (Å²) in [6.07, 6.45) is 0. The van der Waals surface area contributed by atoms with E-state index in [1.165, 1.54) is 47.1 Å². The van der Waals surface area contributed by atoms with Crippen molar-refractivity contribution in [2.75, 3.05) is 5.06 Å². The van der Waals surface area contributed by atoms with Crippen LogP contribution in [0.4, 0.5) is 14.9 Å². The lowest BCUT2D eigenvalue weighted by molar-refractivity contribution is 0.212. The van der Waals surface area contributed by atoms with Gasteiger partial charge in [-0.3, -0.25) is 5.21 Å². The van der Waals surface area contributed by atoms with Crippen LogP contribution in [0.25, 0.3) is 28.2 Å². The molecule has 168 valence electrons. The minimum absolute atomic E-state index is 0.0651. The second-order valence-electron chi connectivity index (χ2n) is 7.04. The van der Waals surface area contributed by atoms with E-state index < -0.39 is 21.9 Å². The number of anilines is 1. The molecule has 1 aromatic heterocycles. The molecule has 2 amide bonds. The van der Waals surface area contributed by atoms with E-state index in [0.29, 0.717) is 33.3 Å². The first-order chi connectivity index (χ1) is 15.6. The third-order valence-electron chi connectivity index (χ3n) is 4.88. The average Bonchev–Trinajstić information content (AvgIpc) is 3.24. The fraction of sp³-hybridized carbons (Fsp3) is 0. The van der Waals surface area contributed by atoms with Gasteiger partial charge in [-0.25, -0.2) is 27.4 Å². The molecule has 0 aliphatic rings. The Hall–Kier alpha value is -4.06. The van der Waals surface area contributed by atoms with Crippen LogP contribution in [-0.2, 0) is 10.0 Å². The number of carbonyl (C=O) groups excluding carboxylic acids is 1. The molecule has 0 spiro atoms. The Kier molecular flexibility index (Phi) is 5.68. The molecule has 4 aromatic rings. The Morgan fingerprint density at radius 2 is 1.64 bits per heavy atom. The Bertz CT molecular complexity index is 1430. The maximum atomic E-state index is 13.5. The van der Waals surface area contributed by atoms with E-state index in [0.717, 1.165) is 0 Å². The van der Waals surface area contributed by atoms with Crippen LogP contribution in [0.5, 0.6) is 0 Å². The number of hydroxylamine groups is 1. The number of sulfonamides is 1. The molecule has 0 saturated carbocycles. The predicted molar refractivity (Wildman–Crippen MR) is 120 cm³/mol. The number of benzene rings is 3. The van der Waals surface area contributed by atoms with Crippen molar-refractivity contribution in [1.29, 1.82) is 0 Å². The normalized spacial score (nSPS) is 11.4. The van der Waals surface area contributed by atoms with Gasteiger partial charge in [-0.1, -0.05) is 18.2 Å². The standard InChI is InChI=1S/C22H18FN5O4S/c23-15-7-5-14(6-8-15)21-13-19(18-3-1-2-4-20(18)28(30)22(24)29)26-27(21)16-9-11-17(12-10-16)33(25,31)32/h1-13,30H,(H2,24,29)(H2,25,31,32). The third-order valence-corrected chi connectivity index (χ3v) is 5.81. The molecule has 0 fully saturated rings. The van der Waals surface area contributed by atoms with Gasteiger partial charge in [0.1, 0.15) is 5.82 Å². The van der Waals surface area contributed by atoms with Gasteiger partial charge in [0, 0.05) is 11.1 Å². The van der Waals surface area contributed by atoms with Gasteiger partial charge >= 0.3 is 6.03 Å². The smallest absolute Gasteiger partial charge is 0.343 e. The van der Waals surface area contributed by atoms with E-state index in [2.05, 4.69) is 5.10 Å². The van der Waals surface area contributed by atoms with Crippen LogP contribution in [0.2, 0.25) is 0 Å². The van der Waals surface area contributed by atoms with Gasteiger partial charge in [0.05, 0.1) is 27.7 Å². The van der Waals surface area contributed by atoms with Gasteiger partial charge in [-0.2, -0.15) is 10.2 Å². The summed E-state index contributed by atoms with van der Waals surface area (Å²) >= 11 is 0. The molecular weight excluding hydrogens is 449 g/mol. The topological polar surface area (TPSA) is 145 Å². The molecule has 0 unspecified atom stereocenters. The number of rotatable bonds is 5. The minimum atomic E-state index is -3.88. The van der Waals surface area contributed by atoms with Crippen molar-refractivity contribution in [3.8, 4) is 28.2 Å². The first-order valence-corrected chi connectivity index (χ1v) is 11.1. The number of urea groups is 1. The van der Waals surface area contributed by atoms with Gasteiger partial charge in [-0.15, -0.1) is 0 Å². The van der Waals surface area contributed by atoms with Crippen molar-refractivity contribution < 1.29 is 22.8 Å². The van der Waals surface area contributed by atoms with Crippen LogP contribution < -0.4 is 15.9 Å². The number of amides is 2. The van der Waals surface area contributed by atoms with Gasteiger partial charge in [0.25, 0.3) is 0 Å². The SMILES string of the molecule is NC(=O)N(O)c1ccccc1-c1cc(-c2ccc(F)cc2)n(-c2ccc(S(N)(=O)=O)cc2)n1. The Morgan fingerprint density at radius 3 is 2.24 bits per heavy atom. The summed E-state index contributed by atoms with van der Waals surface area (Å²) < 4.78 is 38.2. The summed E-state index contributed by atoms with van der Waals surface area (Å²) in [6, 6.07) is 18.6. The fourth-order valence-corrected chi connectivity index (χ4v) is 3.82. The first kappa shape index (κ1) is 22.1. The van der Waals surface area contributed by atoms with Crippen LogP contribution in [-0.4, -0.2) is 29.4 Å². The second-order valence-corrected chi connectivity index (χ2v) is 8.60. The maximum Gasteiger partial charge on any atom is 0.343 e. The molecular formula is C22H18FN5O4S. The molecule has 9 nitrogen and oxygen atoms in total. The maximum absolute atomic E-state index is 13.5. The van der Waals surface area contributed by atoms with Gasteiger partial charge in [0.2, 0.25) is 10.0 Å². The lowest BCUT2D eigenvalue weighted by Crippen LogP contribution is -2.32. The number of halogens is 1. The van der Waals surface area contributed by atoms with Crippen LogP contribution in [0.3, 0.4) is 0 Å². The van der Waals surface area contributed by atoms with E-state index in [1.807, 2.05) is 0 Å². The predicted octanol–water partition coefficient (Wildman–Crippen LogP) is 3.27. The molecule has 0 aliphatic carbocycles. The van der Waals surface area contributed by atoms with Crippen LogP contribution in [0.1, 0.15) is 0 Å². The van der Waals surface area contributed by atoms with Crippen molar-refractivity contribution in [1.82, 2.24) is 9.78 Å². The summed E-state index contributed by atoms with van der Waals surface area (Å²) in [7, 11) is -3.88. The number of hydrogen-bond donors (Lipinski definition) is 3. The summed E-state index contributed by atoms with van der Waals surface area (Å²) in [5.74, 6) is -0.412. The highest BCUT2D eigenvalue weighted by Crippen LogP contribution is 2.34. The first-order valence-electron chi connectivity index (χ1n) is 9.52. The van der Waals surface area contributed by atoms with Crippen LogP contribution >= 0.6 is 0 Å². The number of primary sulfonamides is 1. The zero-order valence-corrected chi connectivity index (χ0v) is 17.8. The van der Waals surface area contributed by atoms with E-state index in [1.54, 1.807) is 36.4 Å². The van der Waals surface area contributed by atoms with Gasteiger partial charge in [-0.05, 0) is 60.7 Å².